The monoisotopic (exact) mass is 385 g/mol. The van der Waals surface area contributed by atoms with Crippen LogP contribution >= 0.6 is 0 Å². The molecule has 29 heavy (non-hydrogen) atoms. The number of para-hydroxylation sites is 1. The van der Waals surface area contributed by atoms with E-state index in [4.69, 9.17) is 4.74 Å². The Kier molecular flexibility index (Phi) is 5.43. The van der Waals surface area contributed by atoms with Gasteiger partial charge in [0.1, 0.15) is 0 Å². The molecule has 0 aromatic heterocycles. The smallest absolute Gasteiger partial charge is 0.338 e. The number of aryl methyl sites for hydroxylation is 2. The van der Waals surface area contributed by atoms with E-state index in [2.05, 4.69) is 5.32 Å². The second-order valence-electron chi connectivity index (χ2n) is 7.29. The third-order valence-electron chi connectivity index (χ3n) is 5.26. The molecule has 3 aromatic carbocycles. The fourth-order valence-electron chi connectivity index (χ4n) is 3.68. The molecule has 0 saturated heterocycles. The van der Waals surface area contributed by atoms with Crippen LogP contribution in [0.15, 0.2) is 72.8 Å². The maximum Gasteiger partial charge on any atom is 0.338 e. The molecule has 146 valence electrons. The minimum atomic E-state index is -0.903. The van der Waals surface area contributed by atoms with E-state index in [9.17, 15) is 9.59 Å². The van der Waals surface area contributed by atoms with Gasteiger partial charge in [-0.15, -0.1) is 0 Å². The lowest BCUT2D eigenvalue weighted by Gasteiger charge is -2.16. The number of hydrogen-bond acceptors (Lipinski definition) is 3. The van der Waals surface area contributed by atoms with Gasteiger partial charge in [0.25, 0.3) is 5.91 Å². The molecule has 0 bridgehead atoms. The zero-order valence-corrected chi connectivity index (χ0v) is 16.4. The van der Waals surface area contributed by atoms with Crippen LogP contribution in [0.1, 0.15) is 34.8 Å². The van der Waals surface area contributed by atoms with Gasteiger partial charge in [-0.3, -0.25) is 4.79 Å². The molecule has 0 unspecified atom stereocenters. The second-order valence-corrected chi connectivity index (χ2v) is 7.29. The van der Waals surface area contributed by atoms with Gasteiger partial charge < -0.3 is 10.1 Å². The number of rotatable bonds is 5. The highest BCUT2D eigenvalue weighted by molar-refractivity contribution is 6.00. The normalized spacial score (nSPS) is 13.4. The average Bonchev–Trinajstić information content (AvgIpc) is 3.22. The molecule has 4 heteroatoms. The summed E-state index contributed by atoms with van der Waals surface area (Å²) in [5.41, 5.74) is 5.60. The van der Waals surface area contributed by atoms with Crippen LogP contribution in [0.4, 0.5) is 5.69 Å². The Morgan fingerprint density at radius 3 is 2.45 bits per heavy atom. The van der Waals surface area contributed by atoms with Crippen molar-refractivity contribution in [3.8, 4) is 11.1 Å². The van der Waals surface area contributed by atoms with Crippen molar-refractivity contribution in [2.75, 3.05) is 5.32 Å². The third kappa shape index (κ3) is 4.21. The Bertz CT molecular complexity index is 1040. The molecular weight excluding hydrogens is 362 g/mol. The van der Waals surface area contributed by atoms with Crippen molar-refractivity contribution in [3.05, 3.63) is 89.5 Å². The van der Waals surface area contributed by atoms with E-state index in [0.29, 0.717) is 11.3 Å². The summed E-state index contributed by atoms with van der Waals surface area (Å²) in [6.07, 6.45) is 2.26. The van der Waals surface area contributed by atoms with Crippen molar-refractivity contribution in [1.29, 1.82) is 0 Å². The van der Waals surface area contributed by atoms with E-state index in [-0.39, 0.29) is 5.91 Å². The number of fused-ring (bicyclic) bond motifs is 1. The molecule has 1 atom stereocenters. The first-order chi connectivity index (χ1) is 14.1. The molecule has 0 heterocycles. The Hall–Kier alpha value is -3.40. The summed E-state index contributed by atoms with van der Waals surface area (Å²) in [6, 6.07) is 23.1. The van der Waals surface area contributed by atoms with E-state index in [0.717, 1.165) is 30.4 Å². The van der Waals surface area contributed by atoms with E-state index >= 15 is 0 Å². The van der Waals surface area contributed by atoms with Gasteiger partial charge in [-0.05, 0) is 61.1 Å². The Balaban J connectivity index is 1.45. The molecule has 1 aliphatic rings. The predicted octanol–water partition coefficient (Wildman–Crippen LogP) is 5.03. The summed E-state index contributed by atoms with van der Waals surface area (Å²) >= 11 is 0. The molecular formula is C25H23NO3. The van der Waals surface area contributed by atoms with Gasteiger partial charge >= 0.3 is 5.97 Å². The number of amides is 1. The first-order valence-corrected chi connectivity index (χ1v) is 9.90. The zero-order valence-electron chi connectivity index (χ0n) is 16.4. The number of nitrogens with one attached hydrogen (secondary N) is 1. The fourth-order valence-corrected chi connectivity index (χ4v) is 3.68. The summed E-state index contributed by atoms with van der Waals surface area (Å²) < 4.78 is 5.42. The van der Waals surface area contributed by atoms with E-state index in [1.165, 1.54) is 11.1 Å². The Labute approximate surface area is 170 Å². The predicted molar refractivity (Wildman–Crippen MR) is 114 cm³/mol. The number of anilines is 1. The molecule has 0 radical (unpaired) electrons. The maximum atomic E-state index is 12.7. The van der Waals surface area contributed by atoms with Crippen LogP contribution in [0.25, 0.3) is 11.1 Å². The number of hydrogen-bond donors (Lipinski definition) is 1. The highest BCUT2D eigenvalue weighted by Crippen LogP contribution is 2.28. The van der Waals surface area contributed by atoms with E-state index < -0.39 is 12.1 Å². The lowest BCUT2D eigenvalue weighted by Crippen LogP contribution is -2.30. The van der Waals surface area contributed by atoms with Crippen molar-refractivity contribution in [2.24, 2.45) is 0 Å². The summed E-state index contributed by atoms with van der Waals surface area (Å²) in [6.45, 7) is 1.59. The minimum Gasteiger partial charge on any atom is -0.449 e. The van der Waals surface area contributed by atoms with Gasteiger partial charge in [0.2, 0.25) is 0 Å². The summed E-state index contributed by atoms with van der Waals surface area (Å²) in [4.78, 5) is 25.2. The topological polar surface area (TPSA) is 55.4 Å². The molecule has 0 aliphatic heterocycles. The number of carbonyl (C=O) groups is 2. The number of ether oxygens (including phenoxy) is 1. The van der Waals surface area contributed by atoms with Crippen LogP contribution in [0, 0.1) is 0 Å². The van der Waals surface area contributed by atoms with Crippen LogP contribution in [0.3, 0.4) is 0 Å². The van der Waals surface area contributed by atoms with E-state index in [1.807, 2.05) is 66.7 Å². The molecule has 0 spiro atoms. The summed E-state index contributed by atoms with van der Waals surface area (Å²) in [5.74, 6) is -0.832. The lowest BCUT2D eigenvalue weighted by molar-refractivity contribution is -0.123. The summed E-state index contributed by atoms with van der Waals surface area (Å²) in [5, 5.41) is 2.89. The standard InChI is InChI=1S/C25H23NO3/c1-17(29-25(28)21-15-14-18-10-7-11-20(18)16-21)24(27)26-23-13-6-5-12-22(23)19-8-3-2-4-9-19/h2-6,8-9,12-17H,7,10-11H2,1H3,(H,26,27)/t17-/m0/s1. The zero-order chi connectivity index (χ0) is 20.2. The quantitative estimate of drug-likeness (QED) is 0.627. The van der Waals surface area contributed by atoms with Crippen molar-refractivity contribution in [1.82, 2.24) is 0 Å². The molecule has 1 aliphatic carbocycles. The highest BCUT2D eigenvalue weighted by atomic mass is 16.5. The SMILES string of the molecule is C[C@H](OC(=O)c1ccc2c(c1)CCC2)C(=O)Nc1ccccc1-c1ccccc1. The van der Waals surface area contributed by atoms with Gasteiger partial charge in [-0.1, -0.05) is 54.6 Å². The van der Waals surface area contributed by atoms with Crippen molar-refractivity contribution in [2.45, 2.75) is 32.3 Å². The lowest BCUT2D eigenvalue weighted by atomic mass is 10.0. The fraction of sp³-hybridized carbons (Fsp3) is 0.200. The van der Waals surface area contributed by atoms with Gasteiger partial charge in [0, 0.05) is 11.3 Å². The Morgan fingerprint density at radius 2 is 1.62 bits per heavy atom. The van der Waals surface area contributed by atoms with Crippen molar-refractivity contribution >= 4 is 17.6 Å². The van der Waals surface area contributed by atoms with E-state index in [1.54, 1.807) is 13.0 Å². The second kappa shape index (κ2) is 8.31. The molecule has 4 nitrogen and oxygen atoms in total. The van der Waals surface area contributed by atoms with Gasteiger partial charge in [-0.25, -0.2) is 4.79 Å². The maximum absolute atomic E-state index is 12.7. The van der Waals surface area contributed by atoms with Crippen molar-refractivity contribution in [3.63, 3.8) is 0 Å². The van der Waals surface area contributed by atoms with Crippen molar-refractivity contribution < 1.29 is 14.3 Å². The van der Waals surface area contributed by atoms with Crippen LogP contribution in [-0.2, 0) is 22.4 Å². The first kappa shape index (κ1) is 18.9. The largest absolute Gasteiger partial charge is 0.449 e. The van der Waals surface area contributed by atoms with Gasteiger partial charge in [0.15, 0.2) is 6.10 Å². The Morgan fingerprint density at radius 1 is 0.897 bits per heavy atom. The molecule has 1 amide bonds. The molecule has 1 N–H and O–H groups in total. The average molecular weight is 385 g/mol. The highest BCUT2D eigenvalue weighted by Gasteiger charge is 2.21. The molecule has 4 rings (SSSR count). The van der Waals surface area contributed by atoms with Gasteiger partial charge in [-0.2, -0.15) is 0 Å². The van der Waals surface area contributed by atoms with Crippen LogP contribution in [0.5, 0.6) is 0 Å². The number of esters is 1. The summed E-state index contributed by atoms with van der Waals surface area (Å²) in [7, 11) is 0. The van der Waals surface area contributed by atoms with Crippen LogP contribution in [0.2, 0.25) is 0 Å². The minimum absolute atomic E-state index is 0.358. The van der Waals surface area contributed by atoms with Crippen LogP contribution in [-0.4, -0.2) is 18.0 Å². The van der Waals surface area contributed by atoms with Crippen LogP contribution < -0.4 is 5.32 Å². The number of carbonyl (C=O) groups excluding carboxylic acids is 2. The molecule has 0 saturated carbocycles. The molecule has 0 fully saturated rings. The first-order valence-electron chi connectivity index (χ1n) is 9.90. The van der Waals surface area contributed by atoms with Gasteiger partial charge in [0.05, 0.1) is 5.56 Å². The third-order valence-corrected chi connectivity index (χ3v) is 5.26. The number of benzene rings is 3. The molecule has 3 aromatic rings.